The van der Waals surface area contributed by atoms with Crippen LogP contribution < -0.4 is 0 Å². The molecule has 3 rings (SSSR count). The van der Waals surface area contributed by atoms with Gasteiger partial charge in [0, 0.05) is 10.9 Å². The lowest BCUT2D eigenvalue weighted by Gasteiger charge is -1.98. The fourth-order valence-corrected chi connectivity index (χ4v) is 2.37. The first-order valence-electron chi connectivity index (χ1n) is 6.66. The van der Waals surface area contributed by atoms with Gasteiger partial charge in [0.2, 0.25) is 0 Å². The summed E-state index contributed by atoms with van der Waals surface area (Å²) < 4.78 is 5.81. The minimum atomic E-state index is 0.179. The topological polar surface area (TPSA) is 50.4 Å². The summed E-state index contributed by atoms with van der Waals surface area (Å²) in [5, 5.41) is 10.2. The highest BCUT2D eigenvalue weighted by molar-refractivity contribution is 6.03. The van der Waals surface area contributed by atoms with Crippen LogP contribution in [0.1, 0.15) is 22.8 Å². The van der Waals surface area contributed by atoms with E-state index in [1.54, 1.807) is 24.3 Å². The van der Waals surface area contributed by atoms with Gasteiger partial charge in [0.15, 0.2) is 6.29 Å². The predicted octanol–water partition coefficient (Wildman–Crippen LogP) is 4.65. The molecule has 1 heterocycles. The van der Waals surface area contributed by atoms with Gasteiger partial charge in [-0.2, -0.15) is 0 Å². The number of phenolic OH excluding ortho intramolecular Hbond substituents is 1. The first-order valence-corrected chi connectivity index (χ1v) is 6.66. The highest BCUT2D eigenvalue weighted by Gasteiger charge is 2.15. The summed E-state index contributed by atoms with van der Waals surface area (Å²) in [5.74, 6) is 0.704. The third-order valence-electron chi connectivity index (χ3n) is 3.36. The van der Waals surface area contributed by atoms with Gasteiger partial charge in [-0.05, 0) is 48.9 Å². The van der Waals surface area contributed by atoms with Crippen molar-refractivity contribution in [2.45, 2.75) is 6.92 Å². The summed E-state index contributed by atoms with van der Waals surface area (Å²) in [4.78, 5) is 11.5. The molecule has 1 N–H and O–H groups in total. The standard InChI is InChI=1S/C18H14O3/c1-2-3-12-4-9-17-15(10-12)16(11-19)18(21-17)13-5-7-14(20)8-6-13/h2-11,20H,1H3/b3-2+. The summed E-state index contributed by atoms with van der Waals surface area (Å²) in [5.41, 5.74) is 2.99. The highest BCUT2D eigenvalue weighted by atomic mass is 16.3. The van der Waals surface area contributed by atoms with E-state index in [9.17, 15) is 9.90 Å². The molecule has 0 bridgehead atoms. The number of aromatic hydroxyl groups is 1. The van der Waals surface area contributed by atoms with Crippen molar-refractivity contribution < 1.29 is 14.3 Å². The smallest absolute Gasteiger partial charge is 0.154 e. The largest absolute Gasteiger partial charge is 0.508 e. The third kappa shape index (κ3) is 2.34. The summed E-state index contributed by atoms with van der Waals surface area (Å²) in [6.45, 7) is 1.95. The zero-order chi connectivity index (χ0) is 14.8. The molecular weight excluding hydrogens is 264 g/mol. The Morgan fingerprint density at radius 2 is 1.86 bits per heavy atom. The normalized spacial score (nSPS) is 11.3. The van der Waals surface area contributed by atoms with E-state index in [-0.39, 0.29) is 5.75 Å². The third-order valence-corrected chi connectivity index (χ3v) is 3.36. The van der Waals surface area contributed by atoms with Crippen LogP contribution >= 0.6 is 0 Å². The molecular formula is C18H14O3. The SMILES string of the molecule is C/C=C/c1ccc2oc(-c3ccc(O)cc3)c(C=O)c2c1. The second-order valence-electron chi connectivity index (χ2n) is 4.77. The summed E-state index contributed by atoms with van der Waals surface area (Å²) in [6, 6.07) is 12.3. The van der Waals surface area contributed by atoms with Crippen LogP contribution in [0.15, 0.2) is 53.0 Å². The summed E-state index contributed by atoms with van der Waals surface area (Å²) in [6.07, 6.45) is 4.73. The molecule has 3 nitrogen and oxygen atoms in total. The Kier molecular flexibility index (Phi) is 3.32. The van der Waals surface area contributed by atoms with Crippen molar-refractivity contribution >= 4 is 23.3 Å². The first kappa shape index (κ1) is 13.2. The number of hydrogen-bond donors (Lipinski definition) is 1. The van der Waals surface area contributed by atoms with E-state index in [0.717, 1.165) is 22.8 Å². The van der Waals surface area contributed by atoms with Gasteiger partial charge in [0.05, 0.1) is 5.56 Å². The maximum atomic E-state index is 11.5. The number of benzene rings is 2. The molecule has 2 aromatic carbocycles. The fraction of sp³-hybridized carbons (Fsp3) is 0.0556. The second-order valence-corrected chi connectivity index (χ2v) is 4.77. The number of carbonyl (C=O) groups is 1. The second kappa shape index (κ2) is 5.29. The number of rotatable bonds is 3. The molecule has 0 atom stereocenters. The summed E-state index contributed by atoms with van der Waals surface area (Å²) in [7, 11) is 0. The van der Waals surface area contributed by atoms with Gasteiger partial charge in [0.1, 0.15) is 17.1 Å². The quantitative estimate of drug-likeness (QED) is 0.709. The van der Waals surface area contributed by atoms with E-state index in [4.69, 9.17) is 4.42 Å². The van der Waals surface area contributed by atoms with Crippen LogP contribution in [0.5, 0.6) is 5.75 Å². The number of carbonyl (C=O) groups excluding carboxylic acids is 1. The molecule has 104 valence electrons. The zero-order valence-electron chi connectivity index (χ0n) is 11.5. The van der Waals surface area contributed by atoms with Crippen molar-refractivity contribution in [3.63, 3.8) is 0 Å². The molecule has 0 aliphatic carbocycles. The number of phenols is 1. The molecule has 0 aliphatic heterocycles. The van der Waals surface area contributed by atoms with Crippen molar-refractivity contribution in [1.29, 1.82) is 0 Å². The lowest BCUT2D eigenvalue weighted by Crippen LogP contribution is -1.82. The van der Waals surface area contributed by atoms with Gasteiger partial charge in [-0.3, -0.25) is 4.79 Å². The van der Waals surface area contributed by atoms with Gasteiger partial charge in [0.25, 0.3) is 0 Å². The Balaban J connectivity index is 2.23. The molecule has 0 saturated heterocycles. The lowest BCUT2D eigenvalue weighted by atomic mass is 10.0. The van der Waals surface area contributed by atoms with Gasteiger partial charge in [-0.15, -0.1) is 0 Å². The number of aldehydes is 1. The van der Waals surface area contributed by atoms with Crippen LogP contribution in [0.2, 0.25) is 0 Å². The van der Waals surface area contributed by atoms with Crippen LogP contribution in [0.3, 0.4) is 0 Å². The maximum Gasteiger partial charge on any atom is 0.154 e. The summed E-state index contributed by atoms with van der Waals surface area (Å²) >= 11 is 0. The van der Waals surface area contributed by atoms with Crippen molar-refractivity contribution in [2.75, 3.05) is 0 Å². The molecule has 0 spiro atoms. The number of allylic oxidation sites excluding steroid dienone is 1. The molecule has 0 fully saturated rings. The van der Waals surface area contributed by atoms with E-state index in [2.05, 4.69) is 0 Å². The monoisotopic (exact) mass is 278 g/mol. The van der Waals surface area contributed by atoms with E-state index in [1.165, 1.54) is 0 Å². The van der Waals surface area contributed by atoms with Gasteiger partial charge < -0.3 is 9.52 Å². The molecule has 0 radical (unpaired) electrons. The molecule has 0 aliphatic rings. The Hall–Kier alpha value is -2.81. The van der Waals surface area contributed by atoms with Gasteiger partial charge >= 0.3 is 0 Å². The first-order chi connectivity index (χ1) is 10.2. The molecule has 0 amide bonds. The van der Waals surface area contributed by atoms with Crippen molar-refractivity contribution in [1.82, 2.24) is 0 Å². The van der Waals surface area contributed by atoms with Crippen LogP contribution in [0, 0.1) is 0 Å². The average Bonchev–Trinajstić information content (AvgIpc) is 2.86. The maximum absolute atomic E-state index is 11.5. The Bertz CT molecular complexity index is 824. The van der Waals surface area contributed by atoms with Crippen LogP contribution in [-0.4, -0.2) is 11.4 Å². The Morgan fingerprint density at radius 1 is 1.10 bits per heavy atom. The van der Waals surface area contributed by atoms with E-state index >= 15 is 0 Å². The molecule has 3 aromatic rings. The molecule has 1 aromatic heterocycles. The molecule has 21 heavy (non-hydrogen) atoms. The van der Waals surface area contributed by atoms with E-state index in [1.807, 2.05) is 37.3 Å². The van der Waals surface area contributed by atoms with Crippen molar-refractivity contribution in [2.24, 2.45) is 0 Å². The number of fused-ring (bicyclic) bond motifs is 1. The lowest BCUT2D eigenvalue weighted by molar-refractivity contribution is 0.112. The van der Waals surface area contributed by atoms with Gasteiger partial charge in [-0.1, -0.05) is 18.2 Å². The highest BCUT2D eigenvalue weighted by Crippen LogP contribution is 2.33. The average molecular weight is 278 g/mol. The zero-order valence-corrected chi connectivity index (χ0v) is 11.5. The van der Waals surface area contributed by atoms with Crippen LogP contribution in [-0.2, 0) is 0 Å². The fourth-order valence-electron chi connectivity index (χ4n) is 2.37. The van der Waals surface area contributed by atoms with Crippen molar-refractivity contribution in [3.05, 3.63) is 59.7 Å². The minimum Gasteiger partial charge on any atom is -0.508 e. The number of furan rings is 1. The van der Waals surface area contributed by atoms with Crippen molar-refractivity contribution in [3.8, 4) is 17.1 Å². The molecule has 0 saturated carbocycles. The Labute approximate surface area is 122 Å². The Morgan fingerprint density at radius 3 is 2.52 bits per heavy atom. The van der Waals surface area contributed by atoms with Crippen LogP contribution in [0.25, 0.3) is 28.4 Å². The number of hydrogen-bond acceptors (Lipinski definition) is 3. The van der Waals surface area contributed by atoms with Gasteiger partial charge in [-0.25, -0.2) is 0 Å². The molecule has 3 heteroatoms. The van der Waals surface area contributed by atoms with Crippen LogP contribution in [0.4, 0.5) is 0 Å². The minimum absolute atomic E-state index is 0.179. The van der Waals surface area contributed by atoms with E-state index in [0.29, 0.717) is 16.9 Å². The molecule has 0 unspecified atom stereocenters. The van der Waals surface area contributed by atoms with E-state index < -0.39 is 0 Å². The predicted molar refractivity (Wildman–Crippen MR) is 83.4 cm³/mol.